The van der Waals surface area contributed by atoms with Crippen LogP contribution in [-0.4, -0.2) is 37.7 Å². The van der Waals surface area contributed by atoms with Crippen molar-refractivity contribution < 1.29 is 23.9 Å². The molecule has 0 atom stereocenters. The van der Waals surface area contributed by atoms with E-state index in [9.17, 15) is 14.4 Å². The van der Waals surface area contributed by atoms with E-state index in [1.807, 2.05) is 30.3 Å². The second kappa shape index (κ2) is 12.2. The number of benzene rings is 2. The first-order chi connectivity index (χ1) is 14.1. The number of hydrogen-bond acceptors (Lipinski definition) is 5. The highest BCUT2D eigenvalue weighted by Gasteiger charge is 2.08. The predicted molar refractivity (Wildman–Crippen MR) is 109 cm³/mol. The SMILES string of the molecule is CCOC(=O)Oc1ccc(C(=O)NCCCNC(=O)CCc2ccccc2)cc1. The summed E-state index contributed by atoms with van der Waals surface area (Å²) in [6.07, 6.45) is 0.999. The molecule has 0 unspecified atom stereocenters. The Morgan fingerprint density at radius 2 is 1.59 bits per heavy atom. The van der Waals surface area contributed by atoms with Gasteiger partial charge in [0.2, 0.25) is 5.91 Å². The predicted octanol–water partition coefficient (Wildman–Crippen LogP) is 3.09. The van der Waals surface area contributed by atoms with E-state index in [1.165, 1.54) is 12.1 Å². The van der Waals surface area contributed by atoms with Crippen LogP contribution >= 0.6 is 0 Å². The third-order valence-corrected chi connectivity index (χ3v) is 4.02. The summed E-state index contributed by atoms with van der Waals surface area (Å²) in [6, 6.07) is 16.0. The van der Waals surface area contributed by atoms with Crippen LogP contribution in [-0.2, 0) is 16.0 Å². The highest BCUT2D eigenvalue weighted by atomic mass is 16.7. The molecule has 0 radical (unpaired) electrons. The molecule has 0 aromatic heterocycles. The Labute approximate surface area is 170 Å². The van der Waals surface area contributed by atoms with Gasteiger partial charge in [0, 0.05) is 25.1 Å². The Balaban J connectivity index is 1.60. The van der Waals surface area contributed by atoms with Crippen LogP contribution in [0.15, 0.2) is 54.6 Å². The summed E-state index contributed by atoms with van der Waals surface area (Å²) in [4.78, 5) is 35.2. The summed E-state index contributed by atoms with van der Waals surface area (Å²) in [5.74, 6) is 0.0682. The minimum atomic E-state index is -0.782. The van der Waals surface area contributed by atoms with Crippen molar-refractivity contribution in [1.82, 2.24) is 10.6 Å². The maximum Gasteiger partial charge on any atom is 0.513 e. The van der Waals surface area contributed by atoms with Crippen molar-refractivity contribution >= 4 is 18.0 Å². The molecule has 0 aliphatic rings. The van der Waals surface area contributed by atoms with Crippen LogP contribution in [0.5, 0.6) is 5.75 Å². The molecule has 7 nitrogen and oxygen atoms in total. The molecule has 0 saturated heterocycles. The molecule has 0 fully saturated rings. The molecule has 154 valence electrons. The number of nitrogens with one attached hydrogen (secondary N) is 2. The van der Waals surface area contributed by atoms with Gasteiger partial charge >= 0.3 is 6.16 Å². The highest BCUT2D eigenvalue weighted by molar-refractivity contribution is 5.94. The molecule has 2 aromatic rings. The lowest BCUT2D eigenvalue weighted by Gasteiger charge is -2.08. The second-order valence-electron chi connectivity index (χ2n) is 6.25. The number of carbonyl (C=O) groups excluding carboxylic acids is 3. The molecular weight excluding hydrogens is 372 g/mol. The fraction of sp³-hybridized carbons (Fsp3) is 0.318. The van der Waals surface area contributed by atoms with Gasteiger partial charge in [-0.25, -0.2) is 4.79 Å². The third-order valence-electron chi connectivity index (χ3n) is 4.02. The number of amides is 2. The molecule has 0 bridgehead atoms. The summed E-state index contributed by atoms with van der Waals surface area (Å²) in [7, 11) is 0. The minimum absolute atomic E-state index is 0.00244. The summed E-state index contributed by atoms with van der Waals surface area (Å²) in [5, 5.41) is 5.64. The minimum Gasteiger partial charge on any atom is -0.434 e. The molecule has 0 spiro atoms. The van der Waals surface area contributed by atoms with Gasteiger partial charge in [-0.05, 0) is 49.6 Å². The highest BCUT2D eigenvalue weighted by Crippen LogP contribution is 2.13. The normalized spacial score (nSPS) is 10.1. The molecular formula is C22H26N2O5. The van der Waals surface area contributed by atoms with E-state index in [1.54, 1.807) is 19.1 Å². The summed E-state index contributed by atoms with van der Waals surface area (Å²) >= 11 is 0. The molecule has 7 heteroatoms. The second-order valence-corrected chi connectivity index (χ2v) is 6.25. The molecule has 0 heterocycles. The van der Waals surface area contributed by atoms with E-state index in [0.29, 0.717) is 43.7 Å². The van der Waals surface area contributed by atoms with Gasteiger partial charge in [-0.2, -0.15) is 0 Å². The zero-order chi connectivity index (χ0) is 20.9. The van der Waals surface area contributed by atoms with E-state index >= 15 is 0 Å². The lowest BCUT2D eigenvalue weighted by atomic mass is 10.1. The fourth-order valence-corrected chi connectivity index (χ4v) is 2.53. The number of hydrogen-bond donors (Lipinski definition) is 2. The molecule has 0 aliphatic carbocycles. The van der Waals surface area contributed by atoms with Gasteiger partial charge in [0.05, 0.1) is 6.61 Å². The molecule has 2 aromatic carbocycles. The van der Waals surface area contributed by atoms with Gasteiger partial charge in [-0.1, -0.05) is 30.3 Å². The Bertz CT molecular complexity index is 791. The lowest BCUT2D eigenvalue weighted by Crippen LogP contribution is -2.30. The molecule has 2 rings (SSSR count). The van der Waals surface area contributed by atoms with Crippen LogP contribution in [0.4, 0.5) is 4.79 Å². The zero-order valence-corrected chi connectivity index (χ0v) is 16.5. The molecule has 0 saturated carbocycles. The van der Waals surface area contributed by atoms with Crippen LogP contribution in [0.2, 0.25) is 0 Å². The van der Waals surface area contributed by atoms with Gasteiger partial charge in [0.1, 0.15) is 5.75 Å². The first-order valence-corrected chi connectivity index (χ1v) is 9.62. The fourth-order valence-electron chi connectivity index (χ4n) is 2.53. The molecule has 0 aliphatic heterocycles. The van der Waals surface area contributed by atoms with Crippen molar-refractivity contribution in [2.24, 2.45) is 0 Å². The van der Waals surface area contributed by atoms with Gasteiger partial charge in [-0.15, -0.1) is 0 Å². The van der Waals surface area contributed by atoms with Crippen LogP contribution < -0.4 is 15.4 Å². The Morgan fingerprint density at radius 1 is 0.897 bits per heavy atom. The van der Waals surface area contributed by atoms with Gasteiger partial charge in [0.15, 0.2) is 0 Å². The monoisotopic (exact) mass is 398 g/mol. The maximum absolute atomic E-state index is 12.1. The molecule has 29 heavy (non-hydrogen) atoms. The van der Waals surface area contributed by atoms with Crippen molar-refractivity contribution in [3.63, 3.8) is 0 Å². The van der Waals surface area contributed by atoms with E-state index in [2.05, 4.69) is 15.4 Å². The summed E-state index contributed by atoms with van der Waals surface area (Å²) in [6.45, 7) is 2.86. The Hall–Kier alpha value is -3.35. The van der Waals surface area contributed by atoms with Crippen molar-refractivity contribution in [3.05, 3.63) is 65.7 Å². The van der Waals surface area contributed by atoms with Crippen LogP contribution in [0.3, 0.4) is 0 Å². The summed E-state index contributed by atoms with van der Waals surface area (Å²) in [5.41, 5.74) is 1.58. The quantitative estimate of drug-likeness (QED) is 0.364. The largest absolute Gasteiger partial charge is 0.513 e. The van der Waals surface area contributed by atoms with Crippen molar-refractivity contribution in [3.8, 4) is 5.75 Å². The topological polar surface area (TPSA) is 93.7 Å². The molecule has 2 amide bonds. The van der Waals surface area contributed by atoms with Crippen LogP contribution in [0.1, 0.15) is 35.7 Å². The zero-order valence-electron chi connectivity index (χ0n) is 16.5. The Morgan fingerprint density at radius 3 is 2.28 bits per heavy atom. The first kappa shape index (κ1) is 21.9. The van der Waals surface area contributed by atoms with Gasteiger partial charge in [0.25, 0.3) is 5.91 Å². The number of carbonyl (C=O) groups is 3. The van der Waals surface area contributed by atoms with E-state index in [0.717, 1.165) is 5.56 Å². The van der Waals surface area contributed by atoms with E-state index in [-0.39, 0.29) is 18.4 Å². The van der Waals surface area contributed by atoms with Gasteiger partial charge < -0.3 is 20.1 Å². The maximum atomic E-state index is 12.1. The van der Waals surface area contributed by atoms with Crippen molar-refractivity contribution in [2.75, 3.05) is 19.7 Å². The van der Waals surface area contributed by atoms with E-state index in [4.69, 9.17) is 4.74 Å². The first-order valence-electron chi connectivity index (χ1n) is 9.62. The number of ether oxygens (including phenoxy) is 2. The van der Waals surface area contributed by atoms with Crippen molar-refractivity contribution in [1.29, 1.82) is 0 Å². The van der Waals surface area contributed by atoms with Crippen molar-refractivity contribution in [2.45, 2.75) is 26.2 Å². The van der Waals surface area contributed by atoms with Crippen LogP contribution in [0.25, 0.3) is 0 Å². The number of rotatable bonds is 10. The Kier molecular flexibility index (Phi) is 9.21. The average molecular weight is 398 g/mol. The standard InChI is InChI=1S/C22H26N2O5/c1-2-28-22(27)29-19-12-10-18(11-13-19)21(26)24-16-6-15-23-20(25)14-9-17-7-4-3-5-8-17/h3-5,7-8,10-13H,2,6,9,14-16H2,1H3,(H,23,25)(H,24,26). The van der Waals surface area contributed by atoms with Gasteiger partial charge in [-0.3, -0.25) is 9.59 Å². The number of aryl methyl sites for hydroxylation is 1. The smallest absolute Gasteiger partial charge is 0.434 e. The van der Waals surface area contributed by atoms with Crippen LogP contribution in [0, 0.1) is 0 Å². The summed E-state index contributed by atoms with van der Waals surface area (Å²) < 4.78 is 9.62. The van der Waals surface area contributed by atoms with E-state index < -0.39 is 6.16 Å². The third kappa shape index (κ3) is 8.47. The average Bonchev–Trinajstić information content (AvgIpc) is 2.73. The molecule has 2 N–H and O–H groups in total. The lowest BCUT2D eigenvalue weighted by molar-refractivity contribution is -0.121.